The minimum atomic E-state index is -0.334. The Balaban J connectivity index is 2.28. The van der Waals surface area contributed by atoms with Gasteiger partial charge in [0, 0.05) is 32.4 Å². The van der Waals surface area contributed by atoms with E-state index in [-0.39, 0.29) is 5.82 Å². The second-order valence-electron chi connectivity index (χ2n) is 4.55. The Kier molecular flexibility index (Phi) is 5.01. The summed E-state index contributed by atoms with van der Waals surface area (Å²) in [5.41, 5.74) is 0.851. The predicted octanol–water partition coefficient (Wildman–Crippen LogP) is 5.47. The van der Waals surface area contributed by atoms with Gasteiger partial charge in [-0.1, -0.05) is 25.4 Å². The summed E-state index contributed by atoms with van der Waals surface area (Å²) in [6.45, 7) is 5.06. The summed E-state index contributed by atoms with van der Waals surface area (Å²) in [6, 6.07) is 7.32. The fourth-order valence-electron chi connectivity index (χ4n) is 1.69. The third-order valence-corrected chi connectivity index (χ3v) is 4.63. The van der Waals surface area contributed by atoms with E-state index in [0.717, 1.165) is 17.0 Å². The lowest BCUT2D eigenvalue weighted by Gasteiger charge is -2.06. The Labute approximate surface area is 129 Å². The van der Waals surface area contributed by atoms with E-state index in [2.05, 4.69) is 41.2 Å². The minimum Gasteiger partial charge on any atom is -0.310 e. The fourth-order valence-corrected chi connectivity index (χ4v) is 3.98. The Morgan fingerprint density at radius 2 is 2.11 bits per heavy atom. The molecule has 0 saturated carbocycles. The highest BCUT2D eigenvalue weighted by Crippen LogP contribution is 2.39. The van der Waals surface area contributed by atoms with Gasteiger partial charge in [0.15, 0.2) is 0 Å². The first-order valence-corrected chi connectivity index (χ1v) is 7.93. The van der Waals surface area contributed by atoms with E-state index in [1.54, 1.807) is 11.3 Å². The number of halogens is 3. The monoisotopic (exact) mass is 361 g/mol. The van der Waals surface area contributed by atoms with Crippen LogP contribution in [0.4, 0.5) is 4.39 Å². The normalized spacial score (nSPS) is 11.3. The van der Waals surface area contributed by atoms with E-state index in [1.165, 1.54) is 17.0 Å². The molecule has 1 aromatic carbocycles. The molecule has 0 bridgehead atoms. The molecule has 1 aromatic heterocycles. The van der Waals surface area contributed by atoms with Crippen molar-refractivity contribution in [1.82, 2.24) is 5.32 Å². The highest BCUT2D eigenvalue weighted by Gasteiger charge is 2.12. The molecule has 0 amide bonds. The van der Waals surface area contributed by atoms with Gasteiger partial charge in [0.05, 0.1) is 5.02 Å². The smallest absolute Gasteiger partial charge is 0.125 e. The van der Waals surface area contributed by atoms with Crippen LogP contribution in [0.2, 0.25) is 5.02 Å². The lowest BCUT2D eigenvalue weighted by molar-refractivity contribution is 0.593. The molecule has 0 saturated heterocycles. The van der Waals surface area contributed by atoms with Gasteiger partial charge in [-0.3, -0.25) is 0 Å². The van der Waals surface area contributed by atoms with Crippen LogP contribution in [0.5, 0.6) is 0 Å². The van der Waals surface area contributed by atoms with Crippen molar-refractivity contribution in [3.8, 4) is 10.4 Å². The molecule has 2 rings (SSSR count). The van der Waals surface area contributed by atoms with Crippen molar-refractivity contribution in [3.63, 3.8) is 0 Å². The number of rotatable bonds is 4. The second-order valence-corrected chi connectivity index (χ2v) is 6.98. The molecule has 0 unspecified atom stereocenters. The van der Waals surface area contributed by atoms with Gasteiger partial charge in [-0.15, -0.1) is 11.3 Å². The van der Waals surface area contributed by atoms with Gasteiger partial charge in [-0.25, -0.2) is 4.39 Å². The Morgan fingerprint density at radius 3 is 2.74 bits per heavy atom. The van der Waals surface area contributed by atoms with Crippen LogP contribution in [0, 0.1) is 5.82 Å². The van der Waals surface area contributed by atoms with Crippen LogP contribution in [0.15, 0.2) is 28.7 Å². The summed E-state index contributed by atoms with van der Waals surface area (Å²) < 4.78 is 13.9. The second kappa shape index (κ2) is 6.35. The molecule has 0 spiro atoms. The average Bonchev–Trinajstić information content (AvgIpc) is 2.73. The molecule has 1 heterocycles. The van der Waals surface area contributed by atoms with E-state index in [9.17, 15) is 4.39 Å². The van der Waals surface area contributed by atoms with Gasteiger partial charge < -0.3 is 5.32 Å². The van der Waals surface area contributed by atoms with Crippen LogP contribution in [-0.4, -0.2) is 6.04 Å². The van der Waals surface area contributed by atoms with Crippen LogP contribution in [0.3, 0.4) is 0 Å². The fraction of sp³-hybridized carbons (Fsp3) is 0.286. The van der Waals surface area contributed by atoms with Crippen LogP contribution in [0.25, 0.3) is 10.4 Å². The van der Waals surface area contributed by atoms with Gasteiger partial charge in [0.2, 0.25) is 0 Å². The van der Waals surface area contributed by atoms with Crippen molar-refractivity contribution < 1.29 is 4.39 Å². The highest BCUT2D eigenvalue weighted by atomic mass is 79.9. The van der Waals surface area contributed by atoms with E-state index in [0.29, 0.717) is 15.5 Å². The average molecular weight is 363 g/mol. The van der Waals surface area contributed by atoms with Crippen molar-refractivity contribution in [3.05, 3.63) is 44.5 Å². The summed E-state index contributed by atoms with van der Waals surface area (Å²) in [4.78, 5) is 2.27. The van der Waals surface area contributed by atoms with E-state index in [1.807, 2.05) is 6.07 Å². The lowest BCUT2D eigenvalue weighted by Crippen LogP contribution is -2.21. The predicted molar refractivity (Wildman–Crippen MR) is 84.4 cm³/mol. The molecule has 5 heteroatoms. The van der Waals surface area contributed by atoms with Crippen molar-refractivity contribution in [2.75, 3.05) is 0 Å². The van der Waals surface area contributed by atoms with E-state index in [4.69, 9.17) is 11.6 Å². The van der Waals surface area contributed by atoms with Crippen LogP contribution >= 0.6 is 38.9 Å². The molecule has 0 radical (unpaired) electrons. The summed E-state index contributed by atoms with van der Waals surface area (Å²) in [5.74, 6) is -0.334. The summed E-state index contributed by atoms with van der Waals surface area (Å²) in [7, 11) is 0. The molecule has 1 nitrogen and oxygen atoms in total. The zero-order chi connectivity index (χ0) is 14.0. The number of nitrogens with one attached hydrogen (secondary N) is 1. The van der Waals surface area contributed by atoms with Crippen molar-refractivity contribution in [2.45, 2.75) is 26.4 Å². The van der Waals surface area contributed by atoms with Crippen molar-refractivity contribution >= 4 is 38.9 Å². The van der Waals surface area contributed by atoms with Crippen molar-refractivity contribution in [2.24, 2.45) is 0 Å². The maximum Gasteiger partial charge on any atom is 0.125 e. The van der Waals surface area contributed by atoms with Crippen molar-refractivity contribution in [1.29, 1.82) is 0 Å². The summed E-state index contributed by atoms with van der Waals surface area (Å²) in [6.07, 6.45) is 0. The molecule has 0 aliphatic carbocycles. The molecule has 0 aliphatic heterocycles. The standard InChI is InChI=1S/C14H14BrClFNS/c1-8(2)18-7-10-3-4-13(19-10)14-11(15)5-9(17)6-12(14)16/h3-6,8,18H,7H2,1-2H3. The molecule has 19 heavy (non-hydrogen) atoms. The van der Waals surface area contributed by atoms with Gasteiger partial charge in [-0.2, -0.15) is 0 Å². The minimum absolute atomic E-state index is 0.334. The first-order valence-electron chi connectivity index (χ1n) is 5.94. The van der Waals surface area contributed by atoms with Gasteiger partial charge in [-0.05, 0) is 40.2 Å². The molecule has 0 fully saturated rings. The molecular formula is C14H14BrClFNS. The van der Waals surface area contributed by atoms with E-state index < -0.39 is 0 Å². The summed E-state index contributed by atoms with van der Waals surface area (Å²) in [5, 5.41) is 3.80. The Bertz CT molecular complexity index is 560. The maximum absolute atomic E-state index is 13.2. The molecule has 0 aliphatic rings. The van der Waals surface area contributed by atoms with E-state index >= 15 is 0 Å². The SMILES string of the molecule is CC(C)NCc1ccc(-c2c(Cl)cc(F)cc2Br)s1. The third kappa shape index (κ3) is 3.78. The Morgan fingerprint density at radius 1 is 1.37 bits per heavy atom. The highest BCUT2D eigenvalue weighted by molar-refractivity contribution is 9.10. The van der Waals surface area contributed by atoms with Crippen LogP contribution < -0.4 is 5.32 Å². The molecule has 1 N–H and O–H groups in total. The van der Waals surface area contributed by atoms with Gasteiger partial charge in [0.25, 0.3) is 0 Å². The van der Waals surface area contributed by atoms with Crippen LogP contribution in [-0.2, 0) is 6.54 Å². The first-order chi connectivity index (χ1) is 8.97. The topological polar surface area (TPSA) is 12.0 Å². The largest absolute Gasteiger partial charge is 0.310 e. The zero-order valence-electron chi connectivity index (χ0n) is 10.6. The molecule has 0 atom stereocenters. The molecular weight excluding hydrogens is 349 g/mol. The molecule has 2 aromatic rings. The number of benzene rings is 1. The third-order valence-electron chi connectivity index (χ3n) is 2.60. The molecule has 102 valence electrons. The summed E-state index contributed by atoms with van der Waals surface area (Å²) >= 11 is 11.2. The van der Waals surface area contributed by atoms with Gasteiger partial charge >= 0.3 is 0 Å². The lowest BCUT2D eigenvalue weighted by atomic mass is 10.2. The quantitative estimate of drug-likeness (QED) is 0.760. The number of hydrogen-bond acceptors (Lipinski definition) is 2. The number of thiophene rings is 1. The zero-order valence-corrected chi connectivity index (χ0v) is 13.8. The van der Waals surface area contributed by atoms with Gasteiger partial charge in [0.1, 0.15) is 5.82 Å². The van der Waals surface area contributed by atoms with Crippen LogP contribution in [0.1, 0.15) is 18.7 Å². The number of hydrogen-bond donors (Lipinski definition) is 1. The Hall–Kier alpha value is -0.420. The maximum atomic E-state index is 13.2. The first kappa shape index (κ1) is 15.0.